The van der Waals surface area contributed by atoms with Gasteiger partial charge in [0.1, 0.15) is 24.1 Å². The summed E-state index contributed by atoms with van der Waals surface area (Å²) in [6.07, 6.45) is 0. The largest absolute Gasteiger partial charge is 0.497 e. The third kappa shape index (κ3) is 6.95. The second-order valence-electron chi connectivity index (χ2n) is 8.41. The first kappa shape index (κ1) is 30.1. The van der Waals surface area contributed by atoms with Gasteiger partial charge in [-0.2, -0.15) is 0 Å². The molecule has 0 spiro atoms. The number of likely N-dealkylation sites (N-methyl/N-ethyl adjacent to an activating group) is 1. The van der Waals surface area contributed by atoms with Gasteiger partial charge in [0.25, 0.3) is 10.0 Å². The minimum atomic E-state index is -4.27. The Morgan fingerprint density at radius 2 is 1.67 bits per heavy atom. The molecule has 1 N–H and O–H groups in total. The van der Waals surface area contributed by atoms with E-state index in [4.69, 9.17) is 32.7 Å². The van der Waals surface area contributed by atoms with Gasteiger partial charge in [0.05, 0.1) is 24.8 Å². The number of anilines is 1. The van der Waals surface area contributed by atoms with E-state index in [1.165, 1.54) is 50.4 Å². The molecular weight excluding hydrogens is 565 g/mol. The average molecular weight is 595 g/mol. The zero-order valence-electron chi connectivity index (χ0n) is 21.9. The van der Waals surface area contributed by atoms with Crippen molar-refractivity contribution < 1.29 is 27.5 Å². The van der Waals surface area contributed by atoms with Crippen molar-refractivity contribution >= 4 is 50.7 Å². The van der Waals surface area contributed by atoms with Crippen LogP contribution in [0, 0.1) is 0 Å². The van der Waals surface area contributed by atoms with E-state index in [9.17, 15) is 18.0 Å². The molecule has 12 heteroatoms. The normalized spacial score (nSPS) is 11.8. The highest BCUT2D eigenvalue weighted by atomic mass is 35.5. The number of carbonyl (C=O) groups excluding carboxylic acids is 2. The maximum Gasteiger partial charge on any atom is 0.264 e. The van der Waals surface area contributed by atoms with Crippen LogP contribution < -0.4 is 19.1 Å². The van der Waals surface area contributed by atoms with Crippen LogP contribution >= 0.6 is 23.2 Å². The Balaban J connectivity index is 2.13. The maximum absolute atomic E-state index is 13.9. The van der Waals surface area contributed by atoms with Gasteiger partial charge in [0, 0.05) is 29.7 Å². The lowest BCUT2D eigenvalue weighted by molar-refractivity contribution is -0.139. The third-order valence-corrected chi connectivity index (χ3v) is 8.40. The fourth-order valence-electron chi connectivity index (χ4n) is 3.85. The number of rotatable bonds is 11. The smallest absolute Gasteiger partial charge is 0.264 e. The standard InChI is InChI=1S/C27H29Cl2N3O6S/c1-18(27(34)30-2)31(16-19-10-11-20(28)14-23(19)29)26(33)17-32(39(35,36)22-8-6-5-7-9-22)24-15-21(37-3)12-13-25(24)38-4/h5-15,18H,16-17H2,1-4H3,(H,30,34). The lowest BCUT2D eigenvalue weighted by Crippen LogP contribution is -2.50. The molecule has 0 radical (unpaired) electrons. The Hall–Kier alpha value is -3.47. The lowest BCUT2D eigenvalue weighted by atomic mass is 10.1. The first-order valence-electron chi connectivity index (χ1n) is 11.8. The van der Waals surface area contributed by atoms with Gasteiger partial charge in [-0.1, -0.05) is 47.5 Å². The average Bonchev–Trinajstić information content (AvgIpc) is 2.94. The number of amides is 2. The van der Waals surface area contributed by atoms with Crippen molar-refractivity contribution in [3.8, 4) is 11.5 Å². The summed E-state index contributed by atoms with van der Waals surface area (Å²) in [7, 11) is 0.00793. The number of nitrogens with one attached hydrogen (secondary N) is 1. The molecule has 3 rings (SSSR count). The Labute approximate surface area is 238 Å². The number of sulfonamides is 1. The summed E-state index contributed by atoms with van der Waals surface area (Å²) < 4.78 is 39.5. The van der Waals surface area contributed by atoms with E-state index < -0.39 is 34.4 Å². The van der Waals surface area contributed by atoms with E-state index in [2.05, 4.69) is 5.32 Å². The first-order valence-corrected chi connectivity index (χ1v) is 14.0. The van der Waals surface area contributed by atoms with Gasteiger partial charge < -0.3 is 19.7 Å². The summed E-state index contributed by atoms with van der Waals surface area (Å²) in [4.78, 5) is 27.7. The van der Waals surface area contributed by atoms with Crippen LogP contribution in [0.4, 0.5) is 5.69 Å². The van der Waals surface area contributed by atoms with E-state index in [1.54, 1.807) is 49.4 Å². The molecule has 0 aliphatic rings. The maximum atomic E-state index is 13.9. The molecule has 3 aromatic rings. The summed E-state index contributed by atoms with van der Waals surface area (Å²) in [6.45, 7) is 0.827. The fourth-order valence-corrected chi connectivity index (χ4v) is 5.76. The molecule has 208 valence electrons. The molecule has 9 nitrogen and oxygen atoms in total. The summed E-state index contributed by atoms with van der Waals surface area (Å²) in [5.41, 5.74) is 0.618. The molecule has 0 aliphatic heterocycles. The lowest BCUT2D eigenvalue weighted by Gasteiger charge is -2.32. The Morgan fingerprint density at radius 1 is 0.974 bits per heavy atom. The van der Waals surface area contributed by atoms with Crippen molar-refractivity contribution in [2.24, 2.45) is 0 Å². The highest BCUT2D eigenvalue weighted by Gasteiger charge is 2.34. The predicted molar refractivity (Wildman–Crippen MR) is 151 cm³/mol. The summed E-state index contributed by atoms with van der Waals surface area (Å²) in [6, 6.07) is 16.2. The minimum absolute atomic E-state index is 0.0330. The number of carbonyl (C=O) groups is 2. The zero-order valence-corrected chi connectivity index (χ0v) is 24.2. The van der Waals surface area contributed by atoms with Gasteiger partial charge >= 0.3 is 0 Å². The van der Waals surface area contributed by atoms with Crippen molar-refractivity contribution in [3.63, 3.8) is 0 Å². The molecule has 0 saturated heterocycles. The van der Waals surface area contributed by atoms with E-state index >= 15 is 0 Å². The zero-order chi connectivity index (χ0) is 28.7. The molecule has 1 unspecified atom stereocenters. The number of hydrogen-bond donors (Lipinski definition) is 1. The summed E-state index contributed by atoms with van der Waals surface area (Å²) >= 11 is 12.4. The Bertz CT molecular complexity index is 1440. The highest BCUT2D eigenvalue weighted by molar-refractivity contribution is 7.92. The topological polar surface area (TPSA) is 105 Å². The number of halogens is 2. The second-order valence-corrected chi connectivity index (χ2v) is 11.1. The van der Waals surface area contributed by atoms with Crippen LogP contribution in [-0.4, -0.2) is 59.0 Å². The molecule has 2 amide bonds. The fraction of sp³-hybridized carbons (Fsp3) is 0.259. The molecule has 0 bridgehead atoms. The molecule has 3 aromatic carbocycles. The summed E-state index contributed by atoms with van der Waals surface area (Å²) in [5.74, 6) is -0.531. The molecule has 39 heavy (non-hydrogen) atoms. The van der Waals surface area contributed by atoms with Crippen molar-refractivity contribution in [2.45, 2.75) is 24.4 Å². The molecule has 0 fully saturated rings. The number of nitrogens with zero attached hydrogens (tertiary/aromatic N) is 2. The van der Waals surface area contributed by atoms with E-state index in [0.717, 1.165) is 4.31 Å². The Morgan fingerprint density at radius 3 is 2.26 bits per heavy atom. The molecule has 1 atom stereocenters. The van der Waals surface area contributed by atoms with Gasteiger partial charge in [0.2, 0.25) is 11.8 Å². The summed E-state index contributed by atoms with van der Waals surface area (Å²) in [5, 5.41) is 3.24. The SMILES string of the molecule is CNC(=O)C(C)N(Cc1ccc(Cl)cc1Cl)C(=O)CN(c1cc(OC)ccc1OC)S(=O)(=O)c1ccccc1. The van der Waals surface area contributed by atoms with E-state index in [1.807, 2.05) is 0 Å². The van der Waals surface area contributed by atoms with Crippen molar-refractivity contribution in [1.29, 1.82) is 0 Å². The van der Waals surface area contributed by atoms with Crippen LogP contribution in [0.1, 0.15) is 12.5 Å². The van der Waals surface area contributed by atoms with Gasteiger partial charge in [-0.25, -0.2) is 8.42 Å². The van der Waals surface area contributed by atoms with Crippen LogP contribution in [0.15, 0.2) is 71.6 Å². The minimum Gasteiger partial charge on any atom is -0.497 e. The Kier molecular flexibility index (Phi) is 10.1. The van der Waals surface area contributed by atoms with Gasteiger partial charge in [-0.3, -0.25) is 13.9 Å². The number of methoxy groups -OCH3 is 2. The van der Waals surface area contributed by atoms with Crippen molar-refractivity contribution in [3.05, 3.63) is 82.3 Å². The molecule has 0 aromatic heterocycles. The monoisotopic (exact) mass is 593 g/mol. The van der Waals surface area contributed by atoms with Crippen LogP contribution in [0.25, 0.3) is 0 Å². The van der Waals surface area contributed by atoms with Crippen LogP contribution in [-0.2, 0) is 26.2 Å². The molecule has 0 saturated carbocycles. The predicted octanol–water partition coefficient (Wildman–Crippen LogP) is 4.37. The van der Waals surface area contributed by atoms with Crippen LogP contribution in [0.2, 0.25) is 10.0 Å². The van der Waals surface area contributed by atoms with Crippen molar-refractivity contribution in [1.82, 2.24) is 10.2 Å². The second kappa shape index (κ2) is 13.1. The highest BCUT2D eigenvalue weighted by Crippen LogP contribution is 2.36. The van der Waals surface area contributed by atoms with Gasteiger partial charge in [-0.15, -0.1) is 0 Å². The van der Waals surface area contributed by atoms with Crippen molar-refractivity contribution in [2.75, 3.05) is 32.1 Å². The molecule has 0 aliphatic carbocycles. The number of hydrogen-bond acceptors (Lipinski definition) is 6. The molecule has 0 heterocycles. The number of benzene rings is 3. The quantitative estimate of drug-likeness (QED) is 0.354. The number of ether oxygens (including phenoxy) is 2. The first-order chi connectivity index (χ1) is 18.5. The third-order valence-electron chi connectivity index (χ3n) is 6.03. The van der Waals surface area contributed by atoms with E-state index in [-0.39, 0.29) is 22.9 Å². The van der Waals surface area contributed by atoms with Crippen LogP contribution in [0.5, 0.6) is 11.5 Å². The van der Waals surface area contributed by atoms with Gasteiger partial charge in [-0.05, 0) is 48.9 Å². The molecular formula is C27H29Cl2N3O6S. The van der Waals surface area contributed by atoms with Crippen LogP contribution in [0.3, 0.4) is 0 Å². The van der Waals surface area contributed by atoms with Gasteiger partial charge in [0.15, 0.2) is 0 Å². The van der Waals surface area contributed by atoms with E-state index in [0.29, 0.717) is 21.4 Å².